The van der Waals surface area contributed by atoms with Crippen LogP contribution in [0.5, 0.6) is 0 Å². The van der Waals surface area contributed by atoms with Crippen LogP contribution in [0.3, 0.4) is 0 Å². The molecule has 10 rings (SSSR count). The first-order valence-electron chi connectivity index (χ1n) is 16.6. The lowest BCUT2D eigenvalue weighted by Gasteiger charge is -2.30. The Labute approximate surface area is 278 Å². The van der Waals surface area contributed by atoms with Gasteiger partial charge in [-0.2, -0.15) is 0 Å². The fraction of sp³-hybridized carbons (Fsp3) is 0.0444. The predicted octanol–water partition coefficient (Wildman–Crippen LogP) is 11.2. The van der Waals surface area contributed by atoms with Crippen molar-refractivity contribution in [3.05, 3.63) is 180 Å². The Morgan fingerprint density at radius 1 is 0.479 bits per heavy atom. The number of aromatic nitrogens is 2. The number of benzene rings is 6. The van der Waals surface area contributed by atoms with Gasteiger partial charge in [-0.05, 0) is 51.7 Å². The zero-order valence-electron chi connectivity index (χ0n) is 26.1. The number of nitrogens with zero attached hydrogens (tertiary/aromatic N) is 3. The van der Waals surface area contributed by atoms with E-state index in [1.807, 2.05) is 6.07 Å². The zero-order chi connectivity index (χ0) is 31.6. The predicted molar refractivity (Wildman–Crippen MR) is 200 cm³/mol. The van der Waals surface area contributed by atoms with Crippen molar-refractivity contribution in [2.45, 2.75) is 12.3 Å². The van der Waals surface area contributed by atoms with Crippen molar-refractivity contribution >= 4 is 49.1 Å². The van der Waals surface area contributed by atoms with Crippen LogP contribution in [0.25, 0.3) is 65.9 Å². The second kappa shape index (κ2) is 10.7. The van der Waals surface area contributed by atoms with Gasteiger partial charge in [0.15, 0.2) is 0 Å². The van der Waals surface area contributed by atoms with E-state index in [0.29, 0.717) is 0 Å². The molecular weight excluding hydrogens is 583 g/mol. The normalized spacial score (nSPS) is 15.4. The number of pyridine rings is 2. The fourth-order valence-corrected chi connectivity index (χ4v) is 7.69. The lowest BCUT2D eigenvalue weighted by molar-refractivity contribution is 0.782. The highest BCUT2D eigenvalue weighted by Gasteiger charge is 2.30. The minimum Gasteiger partial charge on any atom is -0.252 e. The topological polar surface area (TPSA) is 38.1 Å². The molecule has 0 bridgehead atoms. The molecule has 0 radical (unpaired) electrons. The van der Waals surface area contributed by atoms with E-state index < -0.39 is 0 Å². The van der Waals surface area contributed by atoms with Crippen molar-refractivity contribution < 1.29 is 0 Å². The molecule has 3 nitrogen and oxygen atoms in total. The standard InChI is InChI=1S/C45H29N3/c1-2-11-29(12-3-1)39-26-21-30-18-19-31-22-27-41(47-44(31)43(30)46-39)35-24-25-36(34-15-7-6-14-33(34)35)45-38-23-20-28-10-4-5-13-32(28)42(38)37-16-8-9-17-40(37)48-45/h1-15,17-27,37H,16H2. The summed E-state index contributed by atoms with van der Waals surface area (Å²) in [5.41, 5.74) is 11.8. The van der Waals surface area contributed by atoms with Gasteiger partial charge in [0, 0.05) is 44.6 Å². The molecule has 48 heavy (non-hydrogen) atoms. The van der Waals surface area contributed by atoms with Crippen LogP contribution < -0.4 is 0 Å². The molecule has 3 heterocycles. The van der Waals surface area contributed by atoms with E-state index in [2.05, 4.69) is 152 Å². The first kappa shape index (κ1) is 27.0. The van der Waals surface area contributed by atoms with Gasteiger partial charge in [-0.3, -0.25) is 4.99 Å². The monoisotopic (exact) mass is 611 g/mol. The number of rotatable bonds is 3. The molecule has 0 saturated heterocycles. The van der Waals surface area contributed by atoms with Gasteiger partial charge in [0.1, 0.15) is 0 Å². The number of fused-ring (bicyclic) bond motifs is 9. The average Bonchev–Trinajstić information content (AvgIpc) is 3.17. The van der Waals surface area contributed by atoms with Gasteiger partial charge >= 0.3 is 0 Å². The summed E-state index contributed by atoms with van der Waals surface area (Å²) in [5, 5.41) is 7.07. The van der Waals surface area contributed by atoms with Gasteiger partial charge < -0.3 is 0 Å². The van der Waals surface area contributed by atoms with Gasteiger partial charge in [-0.25, -0.2) is 9.97 Å². The molecule has 2 aromatic heterocycles. The largest absolute Gasteiger partial charge is 0.252 e. The van der Waals surface area contributed by atoms with Crippen molar-refractivity contribution in [3.8, 4) is 22.5 Å². The van der Waals surface area contributed by atoms with Crippen LogP contribution >= 0.6 is 0 Å². The average molecular weight is 612 g/mol. The smallest absolute Gasteiger partial charge is 0.0972 e. The Bertz CT molecular complexity index is 2700. The van der Waals surface area contributed by atoms with E-state index in [0.717, 1.165) is 73.1 Å². The molecule has 1 aliphatic carbocycles. The van der Waals surface area contributed by atoms with Gasteiger partial charge in [0.25, 0.3) is 0 Å². The summed E-state index contributed by atoms with van der Waals surface area (Å²) in [6.07, 6.45) is 7.57. The molecule has 1 unspecified atom stereocenters. The number of allylic oxidation sites excluding steroid dienone is 4. The van der Waals surface area contributed by atoms with Gasteiger partial charge in [0.05, 0.1) is 28.1 Å². The highest BCUT2D eigenvalue weighted by molar-refractivity contribution is 6.23. The van der Waals surface area contributed by atoms with Crippen LogP contribution in [-0.2, 0) is 0 Å². The molecule has 0 saturated carbocycles. The van der Waals surface area contributed by atoms with Crippen molar-refractivity contribution in [1.82, 2.24) is 9.97 Å². The Morgan fingerprint density at radius 2 is 1.08 bits per heavy atom. The van der Waals surface area contributed by atoms with Crippen molar-refractivity contribution in [2.75, 3.05) is 0 Å². The van der Waals surface area contributed by atoms with Crippen LogP contribution in [0.1, 0.15) is 29.0 Å². The van der Waals surface area contributed by atoms with E-state index in [1.54, 1.807) is 0 Å². The maximum Gasteiger partial charge on any atom is 0.0972 e. The lowest BCUT2D eigenvalue weighted by Crippen LogP contribution is -2.19. The summed E-state index contributed by atoms with van der Waals surface area (Å²) < 4.78 is 0. The quantitative estimate of drug-likeness (QED) is 0.186. The maximum atomic E-state index is 5.39. The Kier molecular flexibility index (Phi) is 6.00. The Balaban J connectivity index is 1.17. The summed E-state index contributed by atoms with van der Waals surface area (Å²) in [4.78, 5) is 15.8. The minimum absolute atomic E-state index is 0.262. The number of hydrogen-bond acceptors (Lipinski definition) is 3. The second-order valence-corrected chi connectivity index (χ2v) is 12.7. The molecule has 6 aromatic carbocycles. The van der Waals surface area contributed by atoms with Gasteiger partial charge in [-0.1, -0.05) is 140 Å². The van der Waals surface area contributed by atoms with Crippen LogP contribution in [-0.4, -0.2) is 15.7 Å². The molecular formula is C45H29N3. The van der Waals surface area contributed by atoms with E-state index in [4.69, 9.17) is 15.0 Å². The summed E-state index contributed by atoms with van der Waals surface area (Å²) in [6.45, 7) is 0. The Hall–Kier alpha value is -6.19. The molecule has 8 aromatic rings. The lowest BCUT2D eigenvalue weighted by atomic mass is 9.78. The third-order valence-corrected chi connectivity index (χ3v) is 9.99. The molecule has 1 aliphatic heterocycles. The van der Waals surface area contributed by atoms with Crippen LogP contribution in [0, 0.1) is 0 Å². The summed E-state index contributed by atoms with van der Waals surface area (Å²) in [6, 6.07) is 49.6. The number of aliphatic imine (C=N–C) groups is 1. The SMILES string of the molecule is C1=CCC2C(=C1)N=C(c1ccc(-c3ccc4ccc5ccc(-c6ccccc6)nc5c4n3)c3ccccc13)c1ccc3ccccc3c12. The van der Waals surface area contributed by atoms with Crippen LogP contribution in [0.4, 0.5) is 0 Å². The zero-order valence-corrected chi connectivity index (χ0v) is 26.1. The highest BCUT2D eigenvalue weighted by atomic mass is 14.8. The van der Waals surface area contributed by atoms with Crippen molar-refractivity contribution in [1.29, 1.82) is 0 Å². The van der Waals surface area contributed by atoms with Crippen LogP contribution in [0.15, 0.2) is 168 Å². The molecule has 2 aliphatic rings. The minimum atomic E-state index is 0.262. The van der Waals surface area contributed by atoms with Crippen molar-refractivity contribution in [2.24, 2.45) is 4.99 Å². The van der Waals surface area contributed by atoms with Crippen molar-refractivity contribution in [3.63, 3.8) is 0 Å². The van der Waals surface area contributed by atoms with Gasteiger partial charge in [0.2, 0.25) is 0 Å². The summed E-state index contributed by atoms with van der Waals surface area (Å²) >= 11 is 0. The molecule has 0 spiro atoms. The third kappa shape index (κ3) is 4.18. The van der Waals surface area contributed by atoms with E-state index >= 15 is 0 Å². The van der Waals surface area contributed by atoms with Gasteiger partial charge in [-0.15, -0.1) is 0 Å². The third-order valence-electron chi connectivity index (χ3n) is 9.99. The molecule has 0 amide bonds. The number of hydrogen-bond donors (Lipinski definition) is 0. The maximum absolute atomic E-state index is 5.39. The molecule has 224 valence electrons. The summed E-state index contributed by atoms with van der Waals surface area (Å²) in [7, 11) is 0. The molecule has 0 N–H and O–H groups in total. The van der Waals surface area contributed by atoms with E-state index in [1.165, 1.54) is 27.3 Å². The molecule has 0 fully saturated rings. The highest BCUT2D eigenvalue weighted by Crippen LogP contribution is 2.44. The van der Waals surface area contributed by atoms with Crippen LogP contribution in [0.2, 0.25) is 0 Å². The molecule has 3 heteroatoms. The van der Waals surface area contributed by atoms with E-state index in [9.17, 15) is 0 Å². The first-order valence-corrected chi connectivity index (χ1v) is 16.6. The fourth-order valence-electron chi connectivity index (χ4n) is 7.69. The Morgan fingerprint density at radius 3 is 1.90 bits per heavy atom. The summed E-state index contributed by atoms with van der Waals surface area (Å²) in [5.74, 6) is 0.262. The second-order valence-electron chi connectivity index (χ2n) is 12.7. The first-order chi connectivity index (χ1) is 23.8. The van der Waals surface area contributed by atoms with E-state index in [-0.39, 0.29) is 5.92 Å². The molecule has 1 atom stereocenters.